The third-order valence-corrected chi connectivity index (χ3v) is 5.59. The highest BCUT2D eigenvalue weighted by Crippen LogP contribution is 2.43. The van der Waals surface area contributed by atoms with Gasteiger partial charge in [-0.05, 0) is 41.5 Å². The maximum absolute atomic E-state index is 12.1. The zero-order valence-electron chi connectivity index (χ0n) is 16.9. The van der Waals surface area contributed by atoms with Gasteiger partial charge in [-0.25, -0.2) is 4.79 Å². The summed E-state index contributed by atoms with van der Waals surface area (Å²) in [6, 6.07) is 24.2. The fourth-order valence-electron chi connectivity index (χ4n) is 4.13. The molecule has 0 amide bonds. The van der Waals surface area contributed by atoms with E-state index in [1.807, 2.05) is 30.3 Å². The lowest BCUT2D eigenvalue weighted by Gasteiger charge is -2.18. The third kappa shape index (κ3) is 3.30. The maximum atomic E-state index is 12.1. The predicted molar refractivity (Wildman–Crippen MR) is 122 cm³/mol. The molecule has 0 atom stereocenters. The van der Waals surface area contributed by atoms with Gasteiger partial charge in [-0.1, -0.05) is 48.5 Å². The molecule has 0 radical (unpaired) electrons. The molecular weight excluding hydrogens is 404 g/mol. The first-order valence-corrected chi connectivity index (χ1v) is 10.1. The Morgan fingerprint density at radius 1 is 0.844 bits per heavy atom. The zero-order valence-corrected chi connectivity index (χ0v) is 16.9. The Labute approximate surface area is 183 Å². The van der Waals surface area contributed by atoms with Gasteiger partial charge in [0, 0.05) is 34.6 Å². The van der Waals surface area contributed by atoms with Crippen molar-refractivity contribution < 1.29 is 19.4 Å². The second kappa shape index (κ2) is 7.71. The van der Waals surface area contributed by atoms with Gasteiger partial charge < -0.3 is 14.6 Å². The molecule has 0 aromatic heterocycles. The number of phenols is 1. The van der Waals surface area contributed by atoms with Gasteiger partial charge in [0.1, 0.15) is 17.1 Å². The molecule has 0 spiro atoms. The van der Waals surface area contributed by atoms with E-state index >= 15 is 0 Å². The number of benzene rings is 4. The van der Waals surface area contributed by atoms with Crippen molar-refractivity contribution >= 4 is 16.9 Å². The minimum atomic E-state index is -1.05. The van der Waals surface area contributed by atoms with Crippen LogP contribution in [0.4, 0.5) is 0 Å². The summed E-state index contributed by atoms with van der Waals surface area (Å²) in [5, 5.41) is 21.1. The van der Waals surface area contributed by atoms with E-state index in [0.29, 0.717) is 45.4 Å². The number of carbonyl (C=O) groups is 1. The Hall–Kier alpha value is -4.38. The largest absolute Gasteiger partial charge is 0.508 e. The Bertz CT molecular complexity index is 1500. The molecule has 0 saturated carbocycles. The van der Waals surface area contributed by atoms with E-state index in [1.54, 1.807) is 42.5 Å². The first-order valence-electron chi connectivity index (χ1n) is 10.1. The van der Waals surface area contributed by atoms with Crippen molar-refractivity contribution in [1.29, 1.82) is 0 Å². The number of hydrogen-bond donors (Lipinski definition) is 2. The molecule has 156 valence electrons. The molecule has 1 heterocycles. The zero-order chi connectivity index (χ0) is 22.2. The lowest BCUT2D eigenvalue weighted by atomic mass is 9.89. The van der Waals surface area contributed by atoms with Crippen LogP contribution >= 0.6 is 0 Å². The summed E-state index contributed by atoms with van der Waals surface area (Å²) in [7, 11) is 0. The molecular formula is C27H18O5. The van der Waals surface area contributed by atoms with Crippen LogP contribution in [0.5, 0.6) is 5.75 Å². The molecule has 3 aromatic carbocycles. The van der Waals surface area contributed by atoms with Crippen molar-refractivity contribution in [2.75, 3.05) is 0 Å². The smallest absolute Gasteiger partial charge is 0.336 e. The number of aromatic carboxylic acids is 1. The van der Waals surface area contributed by atoms with Crippen molar-refractivity contribution in [2.24, 2.45) is 0 Å². The molecule has 0 saturated heterocycles. The van der Waals surface area contributed by atoms with Crippen molar-refractivity contribution in [1.82, 2.24) is 0 Å². The maximum Gasteiger partial charge on any atom is 0.336 e. The average Bonchev–Trinajstić information content (AvgIpc) is 2.80. The molecule has 32 heavy (non-hydrogen) atoms. The van der Waals surface area contributed by atoms with E-state index in [0.717, 1.165) is 5.56 Å². The summed E-state index contributed by atoms with van der Waals surface area (Å²) in [4.78, 5) is 24.1. The standard InChI is InChI=1S/C27H18O5/c28-17-10-11-20-24(15-17)32-26-21(25(20)18-8-4-5-9-19(18)27(30)31)12-13-23(29)22(26)14-16-6-2-1-3-7-16/h1-13,15,29H,14H2,(H,30,31). The summed E-state index contributed by atoms with van der Waals surface area (Å²) < 4.78 is 6.17. The SMILES string of the molecule is O=C(O)c1ccccc1-c1c2ccc(=O)cc-2oc2c(Cc3ccccc3)c(O)ccc12. The summed E-state index contributed by atoms with van der Waals surface area (Å²) >= 11 is 0. The van der Waals surface area contributed by atoms with Crippen molar-refractivity contribution in [2.45, 2.75) is 6.42 Å². The average molecular weight is 422 g/mol. The van der Waals surface area contributed by atoms with E-state index in [1.165, 1.54) is 12.1 Å². The Kier molecular flexibility index (Phi) is 4.71. The number of aromatic hydroxyl groups is 1. The third-order valence-electron chi connectivity index (χ3n) is 5.59. The quantitative estimate of drug-likeness (QED) is 0.370. The minimum absolute atomic E-state index is 0.0696. The van der Waals surface area contributed by atoms with Gasteiger partial charge in [0.05, 0.1) is 5.56 Å². The normalized spacial score (nSPS) is 11.1. The molecule has 1 aliphatic carbocycles. The lowest BCUT2D eigenvalue weighted by molar-refractivity contribution is 0.0697. The topological polar surface area (TPSA) is 87.7 Å². The molecule has 0 unspecified atom stereocenters. The Morgan fingerprint density at radius 3 is 2.38 bits per heavy atom. The number of carboxylic acids is 1. The second-order valence-electron chi connectivity index (χ2n) is 7.59. The van der Waals surface area contributed by atoms with Gasteiger partial charge in [0.2, 0.25) is 0 Å². The van der Waals surface area contributed by atoms with E-state index < -0.39 is 5.97 Å². The molecule has 5 rings (SSSR count). The van der Waals surface area contributed by atoms with Crippen LogP contribution in [0.2, 0.25) is 0 Å². The van der Waals surface area contributed by atoms with Crippen molar-refractivity contribution in [3.63, 3.8) is 0 Å². The molecule has 0 fully saturated rings. The van der Waals surface area contributed by atoms with E-state index in [4.69, 9.17) is 4.42 Å². The molecule has 0 bridgehead atoms. The van der Waals surface area contributed by atoms with Crippen LogP contribution in [0.25, 0.3) is 33.4 Å². The van der Waals surface area contributed by atoms with Crippen LogP contribution in [0.1, 0.15) is 21.5 Å². The highest BCUT2D eigenvalue weighted by molar-refractivity contribution is 6.08. The molecule has 5 heteroatoms. The number of rotatable bonds is 4. The summed E-state index contributed by atoms with van der Waals surface area (Å²) in [6.45, 7) is 0. The summed E-state index contributed by atoms with van der Waals surface area (Å²) in [5.74, 6) is -0.647. The minimum Gasteiger partial charge on any atom is -0.508 e. The molecule has 2 aliphatic rings. The monoisotopic (exact) mass is 422 g/mol. The molecule has 3 aromatic rings. The van der Waals surface area contributed by atoms with Crippen LogP contribution in [0, 0.1) is 0 Å². The van der Waals surface area contributed by atoms with E-state index in [2.05, 4.69) is 0 Å². The van der Waals surface area contributed by atoms with Crippen molar-refractivity contribution in [3.05, 3.63) is 112 Å². The highest BCUT2D eigenvalue weighted by atomic mass is 16.4. The predicted octanol–water partition coefficient (Wildman–Crippen LogP) is 5.56. The number of phenolic OH excluding ortho intramolecular Hbond substituents is 1. The Balaban J connectivity index is 1.91. The Morgan fingerprint density at radius 2 is 1.59 bits per heavy atom. The summed E-state index contributed by atoms with van der Waals surface area (Å²) in [6.07, 6.45) is 0.413. The number of carboxylic acid groups (broad SMARTS) is 1. The van der Waals surface area contributed by atoms with Gasteiger partial charge in [0.25, 0.3) is 0 Å². The van der Waals surface area contributed by atoms with Gasteiger partial charge >= 0.3 is 5.97 Å². The van der Waals surface area contributed by atoms with Crippen LogP contribution in [-0.4, -0.2) is 16.2 Å². The van der Waals surface area contributed by atoms with Gasteiger partial charge in [-0.3, -0.25) is 4.79 Å². The van der Waals surface area contributed by atoms with Crippen LogP contribution in [0.3, 0.4) is 0 Å². The van der Waals surface area contributed by atoms with Gasteiger partial charge in [-0.2, -0.15) is 0 Å². The second-order valence-corrected chi connectivity index (χ2v) is 7.59. The first-order chi connectivity index (χ1) is 15.5. The first kappa shape index (κ1) is 19.6. The molecule has 5 nitrogen and oxygen atoms in total. The number of fused-ring (bicyclic) bond motifs is 2. The van der Waals surface area contributed by atoms with Crippen LogP contribution in [0.15, 0.2) is 94.1 Å². The number of hydrogen-bond acceptors (Lipinski definition) is 4. The van der Waals surface area contributed by atoms with Gasteiger partial charge in [-0.15, -0.1) is 0 Å². The van der Waals surface area contributed by atoms with E-state index in [-0.39, 0.29) is 16.7 Å². The lowest BCUT2D eigenvalue weighted by Crippen LogP contribution is -2.04. The van der Waals surface area contributed by atoms with Crippen LogP contribution < -0.4 is 5.43 Å². The fraction of sp³-hybridized carbons (Fsp3) is 0.0370. The molecule has 1 aliphatic heterocycles. The highest BCUT2D eigenvalue weighted by Gasteiger charge is 2.23. The van der Waals surface area contributed by atoms with Gasteiger partial charge in [0.15, 0.2) is 5.43 Å². The van der Waals surface area contributed by atoms with Crippen molar-refractivity contribution in [3.8, 4) is 28.2 Å². The summed E-state index contributed by atoms with van der Waals surface area (Å²) in [5.41, 5.74) is 3.68. The van der Waals surface area contributed by atoms with Crippen LogP contribution in [-0.2, 0) is 6.42 Å². The van der Waals surface area contributed by atoms with E-state index in [9.17, 15) is 19.8 Å². The molecule has 2 N–H and O–H groups in total. The fourth-order valence-corrected chi connectivity index (χ4v) is 4.13.